The molecule has 1 radical (unpaired) electrons. The second-order valence-corrected chi connectivity index (χ2v) is 27.6. The number of aromatic nitrogens is 4. The number of aryl methyl sites for hydroxylation is 2. The number of hydrogen-bond donors (Lipinski definition) is 0. The third-order valence-corrected chi connectivity index (χ3v) is 15.4. The predicted octanol–water partition coefficient (Wildman–Crippen LogP) is 13.9. The Morgan fingerprint density at radius 1 is 0.825 bits per heavy atom. The van der Waals surface area contributed by atoms with E-state index < -0.39 is 26.5 Å². The Hall–Kier alpha value is -5.93. The van der Waals surface area contributed by atoms with Gasteiger partial charge in [-0.1, -0.05) is 47.3 Å². The van der Waals surface area contributed by atoms with Crippen molar-refractivity contribution in [3.8, 4) is 28.3 Å². The van der Waals surface area contributed by atoms with Crippen molar-refractivity contribution in [3.05, 3.63) is 162 Å². The molecule has 6 aromatic carbocycles. The molecule has 6 nitrogen and oxygen atoms in total. The Labute approximate surface area is 388 Å². The van der Waals surface area contributed by atoms with E-state index in [1.807, 2.05) is 80.7 Å². The van der Waals surface area contributed by atoms with Crippen molar-refractivity contribution < 1.29 is 40.2 Å². The number of halogens is 1. The van der Waals surface area contributed by atoms with Crippen LogP contribution in [-0.4, -0.2) is 32.8 Å². The van der Waals surface area contributed by atoms with E-state index in [1.165, 1.54) is 18.2 Å². The summed E-state index contributed by atoms with van der Waals surface area (Å²) in [5, 5.41) is 4.55. The van der Waals surface area contributed by atoms with Crippen LogP contribution >= 0.6 is 0 Å². The van der Waals surface area contributed by atoms with E-state index in [9.17, 15) is 4.39 Å². The molecule has 315 valence electrons. The van der Waals surface area contributed by atoms with Gasteiger partial charge in [0.15, 0.2) is 5.58 Å². The van der Waals surface area contributed by atoms with Crippen molar-refractivity contribution in [2.75, 3.05) is 0 Å². The Morgan fingerprint density at radius 3 is 2.44 bits per heavy atom. The van der Waals surface area contributed by atoms with E-state index in [4.69, 9.17) is 25.7 Å². The van der Waals surface area contributed by atoms with Crippen LogP contribution < -0.4 is 4.40 Å². The summed E-state index contributed by atoms with van der Waals surface area (Å²) < 4.78 is 69.7. The van der Waals surface area contributed by atoms with Crippen LogP contribution in [0.2, 0.25) is 17.3 Å². The number of imidazole rings is 1. The Kier molecular flexibility index (Phi) is 9.66. The second-order valence-electron chi connectivity index (χ2n) is 17.0. The van der Waals surface area contributed by atoms with Gasteiger partial charge in [0.05, 0.1) is 33.6 Å². The minimum absolute atomic E-state index is 0. The van der Waals surface area contributed by atoms with Crippen LogP contribution in [0.25, 0.3) is 94.3 Å². The van der Waals surface area contributed by atoms with Crippen LogP contribution in [0.4, 0.5) is 4.39 Å². The van der Waals surface area contributed by atoms with Gasteiger partial charge in [0.25, 0.3) is 0 Å². The van der Waals surface area contributed by atoms with Gasteiger partial charge in [0.2, 0.25) is 5.71 Å². The zero-order valence-electron chi connectivity index (χ0n) is 40.5. The molecule has 0 amide bonds. The van der Waals surface area contributed by atoms with E-state index >= 15 is 0 Å². The zero-order valence-corrected chi connectivity index (χ0v) is 40.0. The van der Waals surface area contributed by atoms with Crippen molar-refractivity contribution in [3.63, 3.8) is 0 Å². The molecule has 0 fully saturated rings. The quantitative estimate of drug-likeness (QED) is 0.123. The van der Waals surface area contributed by atoms with Gasteiger partial charge >= 0.3 is 139 Å². The van der Waals surface area contributed by atoms with Crippen LogP contribution in [0.5, 0.6) is 0 Å². The molecule has 5 heterocycles. The number of furan rings is 2. The van der Waals surface area contributed by atoms with Crippen LogP contribution in [0.3, 0.4) is 0 Å². The van der Waals surface area contributed by atoms with Crippen molar-refractivity contribution in [1.29, 1.82) is 0 Å². The minimum Gasteiger partial charge on any atom is 0 e. The predicted molar refractivity (Wildman–Crippen MR) is 255 cm³/mol. The summed E-state index contributed by atoms with van der Waals surface area (Å²) in [6.07, 6.45) is 0.362. The SMILES string of the molecule is Cc1ccc(-n2c(-c3[c-]ccc4c3oc3nc5ccc(F)cc5cc34)nc3ccccc32)c2oc3ccccc3c12.[2H]C([2H])([2H])c1c[c-]c(-c2cc(C([2H])([2H])C(C)C)[c]([Ge]([CH3])([CH3])[CH3])cn2)cc1.[Ir]. The molecule has 0 saturated carbocycles. The zero-order chi connectivity index (χ0) is 47.2. The summed E-state index contributed by atoms with van der Waals surface area (Å²) >= 11 is -2.32. The fourth-order valence-electron chi connectivity index (χ4n) is 8.27. The van der Waals surface area contributed by atoms with Crippen LogP contribution in [0.15, 0.2) is 136 Å². The number of benzene rings is 6. The van der Waals surface area contributed by atoms with Gasteiger partial charge in [0, 0.05) is 41.7 Å². The summed E-state index contributed by atoms with van der Waals surface area (Å²) in [5.74, 6) is 6.90. The monoisotopic (exact) mass is 1070 g/mol. The molecule has 0 unspecified atom stereocenters. The summed E-state index contributed by atoms with van der Waals surface area (Å²) in [7, 11) is 0. The molecule has 11 aromatic rings. The summed E-state index contributed by atoms with van der Waals surface area (Å²) in [6, 6.07) is 43.6. The standard InChI is InChI=1S/C35H19FN3O2.C19H26GeN.Ir/c1-19-13-16-29(33-31(19)23-7-2-5-12-30(23)40-33)39-28-11-4-3-10-27(28)37-34(39)24-9-6-8-22-25-18-20-17-21(36)14-15-26(20)38-35(25)41-32(22)24;1-14(2)11-17-12-19(16-9-7-15(3)8-10-16)21-13-18(17)20(4,5)6;/h2-8,10-18H,1H3;7-9,12-14H,11H2,1-6H3;/q2*-1;/i;3D3,11D2;. The molecule has 11 rings (SSSR count). The molecule has 5 aromatic heterocycles. The molecule has 0 aliphatic rings. The number of pyridine rings is 2. The average Bonchev–Trinajstić information content (AvgIpc) is 4.00. The number of fused-ring (bicyclic) bond motifs is 8. The normalized spacial score (nSPS) is 13.5. The van der Waals surface area contributed by atoms with Gasteiger partial charge in [-0.05, 0) is 61.0 Å². The summed E-state index contributed by atoms with van der Waals surface area (Å²) in [6.45, 7) is 3.72. The number of nitrogens with zero attached hydrogens (tertiary/aromatic N) is 4. The average molecular weight is 1070 g/mol. The maximum Gasteiger partial charge on any atom is 0 e. The molecule has 0 N–H and O–H groups in total. The molecule has 0 atom stereocenters. The van der Waals surface area contributed by atoms with Gasteiger partial charge < -0.3 is 13.4 Å². The van der Waals surface area contributed by atoms with Crippen LogP contribution in [0, 0.1) is 37.6 Å². The number of rotatable bonds is 6. The third kappa shape index (κ3) is 7.79. The van der Waals surface area contributed by atoms with Gasteiger partial charge in [-0.2, -0.15) is 0 Å². The van der Waals surface area contributed by atoms with Crippen molar-refractivity contribution >= 4 is 83.6 Å². The van der Waals surface area contributed by atoms with Crippen molar-refractivity contribution in [1.82, 2.24) is 19.5 Å². The second kappa shape index (κ2) is 16.6. The molecular formula is C54H45FGeIrN4O2-2. The van der Waals surface area contributed by atoms with Gasteiger partial charge in [-0.25, -0.2) is 9.37 Å². The maximum atomic E-state index is 14.0. The maximum absolute atomic E-state index is 14.0. The molecule has 9 heteroatoms. The van der Waals surface area contributed by atoms with Gasteiger partial charge in [-0.3, -0.25) is 4.98 Å². The first-order valence-electron chi connectivity index (χ1n) is 23.1. The molecule has 0 bridgehead atoms. The van der Waals surface area contributed by atoms with Crippen molar-refractivity contribution in [2.24, 2.45) is 5.92 Å². The van der Waals surface area contributed by atoms with Gasteiger partial charge in [-0.15, -0.1) is 18.2 Å². The molecule has 63 heavy (non-hydrogen) atoms. The largest absolute Gasteiger partial charge is 0 e. The first-order valence-corrected chi connectivity index (χ1v) is 28.0. The third-order valence-electron chi connectivity index (χ3n) is 11.2. The van der Waals surface area contributed by atoms with E-state index in [0.29, 0.717) is 50.4 Å². The van der Waals surface area contributed by atoms with E-state index in [-0.39, 0.29) is 37.4 Å². The fourth-order valence-corrected chi connectivity index (χ4v) is 11.2. The van der Waals surface area contributed by atoms with Gasteiger partial charge in [0.1, 0.15) is 11.4 Å². The molecule has 0 saturated heterocycles. The molecular weight excluding hydrogens is 1020 g/mol. The van der Waals surface area contributed by atoms with Crippen molar-refractivity contribution in [2.45, 2.75) is 51.3 Å². The smallest absolute Gasteiger partial charge is 0 e. The Morgan fingerprint density at radius 2 is 1.65 bits per heavy atom. The molecule has 0 aliphatic carbocycles. The first-order chi connectivity index (χ1) is 31.9. The summed E-state index contributed by atoms with van der Waals surface area (Å²) in [5.41, 5.74) is 10.1. The first kappa shape index (κ1) is 36.5. The van der Waals surface area contributed by atoms with Crippen LogP contribution in [0.1, 0.15) is 37.4 Å². The topological polar surface area (TPSA) is 69.9 Å². The molecule has 0 spiro atoms. The van der Waals surface area contributed by atoms with Crippen LogP contribution in [-0.2, 0) is 26.5 Å². The van der Waals surface area contributed by atoms with E-state index in [2.05, 4.69) is 70.1 Å². The number of para-hydroxylation sites is 3. The minimum atomic E-state index is -2.32. The molecule has 0 aliphatic heterocycles. The Balaban J connectivity index is 0.000000187. The Bertz CT molecular complexity index is 3730. The van der Waals surface area contributed by atoms with E-state index in [1.54, 1.807) is 18.2 Å². The summed E-state index contributed by atoms with van der Waals surface area (Å²) in [4.78, 5) is 14.3. The number of hydrogen-bond acceptors (Lipinski definition) is 5. The van der Waals surface area contributed by atoms with E-state index in [0.717, 1.165) is 59.4 Å². The fraction of sp³-hybridized carbons (Fsp3) is 0.167.